The number of rotatable bonds is 2. The van der Waals surface area contributed by atoms with Crippen molar-refractivity contribution >= 4 is 55.1 Å². The molecular weight excluding hydrogens is 488 g/mol. The van der Waals surface area contributed by atoms with Gasteiger partial charge in [-0.3, -0.25) is 0 Å². The Morgan fingerprint density at radius 3 is 2.40 bits per heavy atom. The van der Waals surface area contributed by atoms with Gasteiger partial charge in [0.05, 0.1) is 0 Å². The normalized spacial score (nSPS) is 15.3. The number of aryl methyl sites for hydroxylation is 1. The Labute approximate surface area is 232 Å². The second kappa shape index (κ2) is 9.03. The van der Waals surface area contributed by atoms with Crippen LogP contribution < -0.4 is 4.90 Å². The summed E-state index contributed by atoms with van der Waals surface area (Å²) in [4.78, 5) is 2.42. The SMILES string of the molecule is Cn1c2ccccc2c2c(-c3ccc4c(c3)C/C=C\C=C/CN4c3ccc4oc5ccccc5c4c3)cccc21. The average molecular weight is 517 g/mol. The highest BCUT2D eigenvalue weighted by molar-refractivity contribution is 6.15. The van der Waals surface area contributed by atoms with Crippen LogP contribution in [0.1, 0.15) is 5.56 Å². The lowest BCUT2D eigenvalue weighted by molar-refractivity contribution is 0.669. The number of hydrogen-bond acceptors (Lipinski definition) is 2. The van der Waals surface area contributed by atoms with Crippen LogP contribution in [0.3, 0.4) is 0 Å². The van der Waals surface area contributed by atoms with Gasteiger partial charge in [-0.15, -0.1) is 0 Å². The van der Waals surface area contributed by atoms with Crippen LogP contribution in [0.4, 0.5) is 11.4 Å². The molecule has 3 nitrogen and oxygen atoms in total. The number of aromatic nitrogens is 1. The van der Waals surface area contributed by atoms with Crippen molar-refractivity contribution < 1.29 is 4.42 Å². The average Bonchev–Trinajstić information content (AvgIpc) is 3.54. The molecule has 0 fully saturated rings. The number of furan rings is 1. The Bertz CT molecular complexity index is 2140. The van der Waals surface area contributed by atoms with E-state index in [1.807, 2.05) is 12.1 Å². The van der Waals surface area contributed by atoms with Crippen LogP contribution in [0.5, 0.6) is 0 Å². The summed E-state index contributed by atoms with van der Waals surface area (Å²) in [5.41, 5.74) is 10.6. The molecule has 1 aliphatic heterocycles. The molecule has 0 saturated carbocycles. The summed E-state index contributed by atoms with van der Waals surface area (Å²) in [6, 6.07) is 37.2. The summed E-state index contributed by atoms with van der Waals surface area (Å²) < 4.78 is 8.42. The molecule has 0 aliphatic carbocycles. The molecule has 3 heteroatoms. The minimum Gasteiger partial charge on any atom is -0.456 e. The number of anilines is 2. The van der Waals surface area contributed by atoms with Gasteiger partial charge in [-0.25, -0.2) is 0 Å². The molecule has 0 radical (unpaired) electrons. The maximum absolute atomic E-state index is 6.12. The fraction of sp³-hybridized carbons (Fsp3) is 0.0811. The minimum absolute atomic E-state index is 0.789. The maximum atomic E-state index is 6.12. The molecule has 5 aromatic carbocycles. The van der Waals surface area contributed by atoms with Crippen LogP contribution in [0.25, 0.3) is 54.9 Å². The van der Waals surface area contributed by atoms with Crippen molar-refractivity contribution in [3.63, 3.8) is 0 Å². The third-order valence-corrected chi connectivity index (χ3v) is 8.30. The monoisotopic (exact) mass is 516 g/mol. The summed E-state index contributed by atoms with van der Waals surface area (Å²) in [5, 5.41) is 4.91. The summed E-state index contributed by atoms with van der Waals surface area (Å²) in [6.45, 7) is 0.789. The lowest BCUT2D eigenvalue weighted by Crippen LogP contribution is -2.18. The Morgan fingerprint density at radius 1 is 0.650 bits per heavy atom. The number of fused-ring (bicyclic) bond motifs is 7. The van der Waals surface area contributed by atoms with Crippen LogP contribution in [-0.2, 0) is 13.5 Å². The van der Waals surface area contributed by atoms with Gasteiger partial charge >= 0.3 is 0 Å². The lowest BCUT2D eigenvalue weighted by atomic mass is 9.95. The zero-order valence-corrected chi connectivity index (χ0v) is 22.3. The van der Waals surface area contributed by atoms with Gasteiger partial charge in [0.1, 0.15) is 11.2 Å². The van der Waals surface area contributed by atoms with E-state index in [2.05, 4.69) is 132 Å². The molecule has 8 rings (SSSR count). The van der Waals surface area contributed by atoms with E-state index in [-0.39, 0.29) is 0 Å². The van der Waals surface area contributed by atoms with Crippen LogP contribution in [0, 0.1) is 0 Å². The van der Waals surface area contributed by atoms with E-state index in [1.165, 1.54) is 44.2 Å². The number of para-hydroxylation sites is 2. The Morgan fingerprint density at radius 2 is 1.45 bits per heavy atom. The molecule has 192 valence electrons. The summed E-state index contributed by atoms with van der Waals surface area (Å²) in [7, 11) is 2.16. The summed E-state index contributed by atoms with van der Waals surface area (Å²) in [5.74, 6) is 0. The van der Waals surface area contributed by atoms with Crippen LogP contribution in [0.2, 0.25) is 0 Å². The van der Waals surface area contributed by atoms with Crippen LogP contribution in [-0.4, -0.2) is 11.1 Å². The van der Waals surface area contributed by atoms with Gasteiger partial charge in [-0.1, -0.05) is 78.9 Å². The first-order chi connectivity index (χ1) is 19.8. The molecule has 3 heterocycles. The number of nitrogens with zero attached hydrogens (tertiary/aromatic N) is 2. The van der Waals surface area contributed by atoms with Gasteiger partial charge in [-0.2, -0.15) is 0 Å². The number of benzene rings is 5. The highest BCUT2D eigenvalue weighted by Crippen LogP contribution is 2.40. The molecule has 0 spiro atoms. The van der Waals surface area contributed by atoms with E-state index >= 15 is 0 Å². The van der Waals surface area contributed by atoms with Gasteiger partial charge in [0, 0.05) is 57.5 Å². The molecular formula is C37H28N2O. The van der Waals surface area contributed by atoms with Crippen molar-refractivity contribution in [1.29, 1.82) is 0 Å². The second-order valence-corrected chi connectivity index (χ2v) is 10.6. The molecule has 0 unspecified atom stereocenters. The minimum atomic E-state index is 0.789. The summed E-state index contributed by atoms with van der Waals surface area (Å²) >= 11 is 0. The van der Waals surface area contributed by atoms with Crippen LogP contribution in [0.15, 0.2) is 132 Å². The van der Waals surface area contributed by atoms with E-state index < -0.39 is 0 Å². The highest BCUT2D eigenvalue weighted by atomic mass is 16.3. The maximum Gasteiger partial charge on any atom is 0.135 e. The molecule has 0 saturated heterocycles. The van der Waals surface area contributed by atoms with Crippen molar-refractivity contribution in [3.8, 4) is 11.1 Å². The molecule has 0 bridgehead atoms. The van der Waals surface area contributed by atoms with E-state index in [0.29, 0.717) is 0 Å². The molecule has 40 heavy (non-hydrogen) atoms. The van der Waals surface area contributed by atoms with Crippen molar-refractivity contribution in [3.05, 3.63) is 133 Å². The molecule has 1 aliphatic rings. The van der Waals surface area contributed by atoms with Crippen molar-refractivity contribution in [2.75, 3.05) is 11.4 Å². The fourth-order valence-corrected chi connectivity index (χ4v) is 6.37. The lowest BCUT2D eigenvalue weighted by Gasteiger charge is -2.26. The number of allylic oxidation sites excluding steroid dienone is 3. The van der Waals surface area contributed by atoms with E-state index in [1.54, 1.807) is 0 Å². The first-order valence-electron chi connectivity index (χ1n) is 13.9. The van der Waals surface area contributed by atoms with Gasteiger partial charge in [0.2, 0.25) is 0 Å². The first kappa shape index (κ1) is 22.9. The zero-order valence-electron chi connectivity index (χ0n) is 22.3. The molecule has 0 amide bonds. The molecule has 7 aromatic rings. The number of hydrogen-bond donors (Lipinski definition) is 0. The Kier molecular flexibility index (Phi) is 5.17. The Balaban J connectivity index is 1.30. The highest BCUT2D eigenvalue weighted by Gasteiger charge is 2.18. The second-order valence-electron chi connectivity index (χ2n) is 10.6. The zero-order chi connectivity index (χ0) is 26.6. The molecule has 0 N–H and O–H groups in total. The van der Waals surface area contributed by atoms with Gasteiger partial charge in [-0.05, 0) is 71.6 Å². The quantitative estimate of drug-likeness (QED) is 0.228. The van der Waals surface area contributed by atoms with Crippen molar-refractivity contribution in [1.82, 2.24) is 4.57 Å². The van der Waals surface area contributed by atoms with E-state index in [9.17, 15) is 0 Å². The predicted molar refractivity (Wildman–Crippen MR) is 169 cm³/mol. The van der Waals surface area contributed by atoms with E-state index in [0.717, 1.165) is 40.6 Å². The van der Waals surface area contributed by atoms with Gasteiger partial charge in [0.15, 0.2) is 0 Å². The molecule has 2 aromatic heterocycles. The topological polar surface area (TPSA) is 21.3 Å². The van der Waals surface area contributed by atoms with Gasteiger partial charge in [0.25, 0.3) is 0 Å². The standard InChI is InChI=1S/C37H28N2O/c1-38-33-15-7-5-13-30(33)37-28(14-10-16-34(37)38)25-18-20-32-26(23-25)11-4-2-3-9-22-39(32)27-19-21-36-31(24-27)29-12-6-8-17-35(29)40-36/h2-10,12-21,23-24H,11,22H2,1H3/b4-2-,9-3-. The fourth-order valence-electron chi connectivity index (χ4n) is 6.37. The van der Waals surface area contributed by atoms with Crippen molar-refractivity contribution in [2.24, 2.45) is 7.05 Å². The Hall–Kier alpha value is -5.02. The predicted octanol–water partition coefficient (Wildman–Crippen LogP) is 9.70. The largest absolute Gasteiger partial charge is 0.456 e. The van der Waals surface area contributed by atoms with Crippen molar-refractivity contribution in [2.45, 2.75) is 6.42 Å². The first-order valence-corrected chi connectivity index (χ1v) is 13.9. The third-order valence-electron chi connectivity index (χ3n) is 8.30. The summed E-state index contributed by atoms with van der Waals surface area (Å²) in [6.07, 6.45) is 9.68. The molecule has 0 atom stereocenters. The van der Waals surface area contributed by atoms with Gasteiger partial charge < -0.3 is 13.9 Å². The van der Waals surface area contributed by atoms with E-state index in [4.69, 9.17) is 4.42 Å². The smallest absolute Gasteiger partial charge is 0.135 e. The third kappa shape index (κ3) is 3.51. The van der Waals surface area contributed by atoms with Crippen LogP contribution >= 0.6 is 0 Å².